The van der Waals surface area contributed by atoms with Crippen LogP contribution in [0.4, 0.5) is 0 Å². The predicted octanol–water partition coefficient (Wildman–Crippen LogP) is 4.77. The van der Waals surface area contributed by atoms with E-state index in [1.54, 1.807) is 0 Å². The molecule has 0 spiro atoms. The van der Waals surface area contributed by atoms with E-state index in [4.69, 9.17) is 9.16 Å². The molecule has 3 unspecified atom stereocenters. The Balaban J connectivity index is 1.49. The van der Waals surface area contributed by atoms with Crippen molar-refractivity contribution in [2.45, 2.75) is 91.1 Å². The molecule has 4 fully saturated rings. The van der Waals surface area contributed by atoms with Crippen LogP contribution in [-0.2, 0) is 18.8 Å². The zero-order valence-corrected chi connectivity index (χ0v) is 23.7. The van der Waals surface area contributed by atoms with Gasteiger partial charge < -0.3 is 9.16 Å². The number of hydrogen-bond acceptors (Lipinski definition) is 5. The fraction of sp³-hybridized carbons (Fsp3) is 0.923. The number of esters is 1. The lowest BCUT2D eigenvalue weighted by molar-refractivity contribution is -0.157. The lowest BCUT2D eigenvalue weighted by Gasteiger charge is -2.60. The maximum absolute atomic E-state index is 13.5. The molecule has 4 saturated carbocycles. The summed E-state index contributed by atoms with van der Waals surface area (Å²) in [6, 6.07) is 0. The normalized spacial score (nSPS) is 43.1. The zero-order valence-electron chi connectivity index (χ0n) is 20.9. The van der Waals surface area contributed by atoms with E-state index in [0.717, 1.165) is 12.8 Å². The van der Waals surface area contributed by atoms with Crippen LogP contribution in [0.1, 0.15) is 85.0 Å². The molecule has 0 N–H and O–H groups in total. The molecule has 4 nitrogen and oxygen atoms in total. The van der Waals surface area contributed by atoms with E-state index < -0.39 is 6.10 Å². The summed E-state index contributed by atoms with van der Waals surface area (Å²) in [5, 5.41) is 0. The van der Waals surface area contributed by atoms with Gasteiger partial charge in [0.2, 0.25) is 0 Å². The van der Waals surface area contributed by atoms with Crippen molar-refractivity contribution in [3.8, 4) is 0 Å². The summed E-state index contributed by atoms with van der Waals surface area (Å²) < 4.78 is 11.0. The van der Waals surface area contributed by atoms with Crippen LogP contribution in [-0.4, -0.2) is 40.5 Å². The van der Waals surface area contributed by atoms with Gasteiger partial charge in [-0.3, -0.25) is 4.79 Å². The van der Waals surface area contributed by atoms with Gasteiger partial charge in [0.1, 0.15) is 28.3 Å². The molecule has 0 saturated heterocycles. The second-order valence-corrected chi connectivity index (χ2v) is 13.2. The molecule has 0 aromatic heterocycles. The SMILES string of the molecule is CSCOC(=O)C(CC(C)[C@H]1CC[C@H]2[C@@H]3C(=O)CC4CCCC[C@]4(C)[C@H]3CC[C@]12C)O[SiH3]. The van der Waals surface area contributed by atoms with Crippen LogP contribution in [0.25, 0.3) is 0 Å². The van der Waals surface area contributed by atoms with Crippen molar-refractivity contribution in [2.24, 2.45) is 46.3 Å². The van der Waals surface area contributed by atoms with Crippen molar-refractivity contribution in [2.75, 3.05) is 12.2 Å². The first-order valence-corrected chi connectivity index (χ1v) is 15.2. The number of carbonyl (C=O) groups is 2. The van der Waals surface area contributed by atoms with Crippen LogP contribution in [0.2, 0.25) is 0 Å². The van der Waals surface area contributed by atoms with E-state index in [1.165, 1.54) is 63.1 Å². The highest BCUT2D eigenvalue weighted by atomic mass is 32.2. The summed E-state index contributed by atoms with van der Waals surface area (Å²) in [6.07, 6.45) is 13.2. The molecule has 6 heteroatoms. The lowest BCUT2D eigenvalue weighted by Crippen LogP contribution is -2.56. The molecule has 0 aromatic rings. The Labute approximate surface area is 202 Å². The summed E-state index contributed by atoms with van der Waals surface area (Å²) in [4.78, 5) is 26.0. The molecule has 4 aliphatic carbocycles. The molecule has 9 atom stereocenters. The van der Waals surface area contributed by atoms with Gasteiger partial charge in [-0.15, -0.1) is 11.8 Å². The number of thioether (sulfide) groups is 1. The third-order valence-electron chi connectivity index (χ3n) is 10.6. The number of hydrogen-bond donors (Lipinski definition) is 0. The number of carbonyl (C=O) groups excluding carboxylic acids is 2. The van der Waals surface area contributed by atoms with Crippen LogP contribution in [0.5, 0.6) is 0 Å². The Hall–Kier alpha value is -0.333. The molecule has 32 heavy (non-hydrogen) atoms. The molecular weight excluding hydrogens is 436 g/mol. The van der Waals surface area contributed by atoms with Crippen LogP contribution in [0.3, 0.4) is 0 Å². The summed E-state index contributed by atoms with van der Waals surface area (Å²) in [7, 11) is 0.540. The van der Waals surface area contributed by atoms with Gasteiger partial charge >= 0.3 is 5.97 Å². The van der Waals surface area contributed by atoms with E-state index in [9.17, 15) is 9.59 Å². The minimum absolute atomic E-state index is 0.205. The van der Waals surface area contributed by atoms with Gasteiger partial charge in [0.15, 0.2) is 0 Å². The molecular formula is C26H44O4SSi. The summed E-state index contributed by atoms with van der Waals surface area (Å²) in [5.41, 5.74) is 0.599. The first kappa shape index (κ1) is 24.8. The van der Waals surface area contributed by atoms with E-state index in [-0.39, 0.29) is 17.3 Å². The Kier molecular flexibility index (Phi) is 7.54. The predicted molar refractivity (Wildman–Crippen MR) is 133 cm³/mol. The van der Waals surface area contributed by atoms with Gasteiger partial charge in [0.25, 0.3) is 0 Å². The van der Waals surface area contributed by atoms with Gasteiger partial charge in [-0.2, -0.15) is 0 Å². The highest BCUT2D eigenvalue weighted by molar-refractivity contribution is 7.98. The number of fused-ring (bicyclic) bond motifs is 5. The Morgan fingerprint density at radius 1 is 1.12 bits per heavy atom. The summed E-state index contributed by atoms with van der Waals surface area (Å²) >= 11 is 1.52. The quantitative estimate of drug-likeness (QED) is 0.298. The molecule has 0 heterocycles. The number of Topliss-reactive ketones (excluding diaryl/α,β-unsaturated/α-hetero) is 1. The average molecular weight is 481 g/mol. The lowest BCUT2D eigenvalue weighted by atomic mass is 9.44. The highest BCUT2D eigenvalue weighted by Gasteiger charge is 2.62. The first-order valence-electron chi connectivity index (χ1n) is 13.0. The van der Waals surface area contributed by atoms with Crippen LogP contribution in [0, 0.1) is 46.3 Å². The van der Waals surface area contributed by atoms with Crippen molar-refractivity contribution >= 4 is 34.0 Å². The van der Waals surface area contributed by atoms with E-state index in [2.05, 4.69) is 20.8 Å². The van der Waals surface area contributed by atoms with Gasteiger partial charge in [0, 0.05) is 12.3 Å². The largest absolute Gasteiger partial charge is 0.453 e. The first-order chi connectivity index (χ1) is 15.3. The van der Waals surface area contributed by atoms with Crippen molar-refractivity contribution in [3.05, 3.63) is 0 Å². The summed E-state index contributed by atoms with van der Waals surface area (Å²) in [6.45, 7) is 7.32. The average Bonchev–Trinajstić information content (AvgIpc) is 3.13. The maximum atomic E-state index is 13.5. The standard InChI is InChI=1S/C26H44O4SSi/c1-16(13-22(30-32)24(28)29-15-31-4)18-8-9-19-23-20(10-12-26(18,19)3)25(2)11-6-5-7-17(25)14-21(23)27/h16-20,22-23H,5-15H2,1-4,32H3/t16?,17?,18-,19+,20+,22?,23+,25+,26-/m1/s1. The van der Waals surface area contributed by atoms with Crippen LogP contribution >= 0.6 is 11.8 Å². The smallest absolute Gasteiger partial charge is 0.334 e. The van der Waals surface area contributed by atoms with Crippen molar-refractivity contribution in [1.82, 2.24) is 0 Å². The molecule has 0 bridgehead atoms. The van der Waals surface area contributed by atoms with E-state index >= 15 is 0 Å². The van der Waals surface area contributed by atoms with Crippen LogP contribution in [0.15, 0.2) is 0 Å². The second kappa shape index (κ2) is 9.73. The van der Waals surface area contributed by atoms with Gasteiger partial charge in [-0.25, -0.2) is 4.79 Å². The Morgan fingerprint density at radius 2 is 1.88 bits per heavy atom. The van der Waals surface area contributed by atoms with Crippen molar-refractivity contribution in [1.29, 1.82) is 0 Å². The van der Waals surface area contributed by atoms with Crippen molar-refractivity contribution in [3.63, 3.8) is 0 Å². The zero-order chi connectivity index (χ0) is 23.1. The summed E-state index contributed by atoms with van der Waals surface area (Å²) in [5.74, 6) is 3.77. The van der Waals surface area contributed by atoms with Crippen LogP contribution < -0.4 is 0 Å². The molecule has 0 amide bonds. The molecule has 182 valence electrons. The molecule has 0 aromatic carbocycles. The van der Waals surface area contributed by atoms with Crippen molar-refractivity contribution < 1.29 is 18.8 Å². The number of ether oxygens (including phenoxy) is 1. The monoisotopic (exact) mass is 480 g/mol. The van der Waals surface area contributed by atoms with Gasteiger partial charge in [-0.1, -0.05) is 33.6 Å². The fourth-order valence-electron chi connectivity index (χ4n) is 8.94. The Bertz CT molecular complexity index is 716. The van der Waals surface area contributed by atoms with E-state index in [0.29, 0.717) is 57.2 Å². The van der Waals surface area contributed by atoms with Gasteiger partial charge in [0.05, 0.1) is 0 Å². The minimum atomic E-state index is -0.430. The molecule has 4 rings (SSSR count). The molecule has 4 aliphatic rings. The number of ketones is 1. The maximum Gasteiger partial charge on any atom is 0.334 e. The third-order valence-corrected chi connectivity index (χ3v) is 11.5. The Morgan fingerprint density at radius 3 is 2.59 bits per heavy atom. The number of rotatable bonds is 7. The fourth-order valence-corrected chi connectivity index (χ4v) is 9.56. The molecule has 0 radical (unpaired) electrons. The highest BCUT2D eigenvalue weighted by Crippen LogP contribution is 2.67. The van der Waals surface area contributed by atoms with E-state index in [1.807, 2.05) is 6.26 Å². The second-order valence-electron chi connectivity index (χ2n) is 11.9. The minimum Gasteiger partial charge on any atom is -0.453 e. The molecule has 0 aliphatic heterocycles. The topological polar surface area (TPSA) is 52.6 Å². The van der Waals surface area contributed by atoms with Gasteiger partial charge in [-0.05, 0) is 91.6 Å². The third kappa shape index (κ3) is 4.15.